The summed E-state index contributed by atoms with van der Waals surface area (Å²) >= 11 is 1.75. The average Bonchev–Trinajstić information content (AvgIpc) is 2.83. The Bertz CT molecular complexity index is 540. The summed E-state index contributed by atoms with van der Waals surface area (Å²) in [4.78, 5) is 4.67. The van der Waals surface area contributed by atoms with Crippen LogP contribution in [0.25, 0.3) is 0 Å². The number of hydrogen-bond acceptors (Lipinski definition) is 5. The Morgan fingerprint density at radius 2 is 2.11 bits per heavy atom. The molecule has 0 aliphatic carbocycles. The van der Waals surface area contributed by atoms with Crippen LogP contribution >= 0.6 is 11.8 Å². The Balaban J connectivity index is 1.80. The van der Waals surface area contributed by atoms with E-state index in [1.807, 2.05) is 18.2 Å². The predicted octanol–water partition coefficient (Wildman–Crippen LogP) is 2.63. The molecule has 0 fully saturated rings. The van der Waals surface area contributed by atoms with Crippen LogP contribution in [0.4, 0.5) is 0 Å². The van der Waals surface area contributed by atoms with E-state index in [0.717, 1.165) is 23.5 Å². The Labute approximate surface area is 118 Å². The Hall–Kier alpha value is -0.850. The lowest BCUT2D eigenvalue weighted by atomic mass is 10.1. The number of benzene rings is 1. The summed E-state index contributed by atoms with van der Waals surface area (Å²) in [5, 5.41) is 1.09. The third kappa shape index (κ3) is 4.97. The minimum Gasteiger partial charge on any atom is -0.274 e. The van der Waals surface area contributed by atoms with Gasteiger partial charge in [-0.1, -0.05) is 30.3 Å². The second-order valence-electron chi connectivity index (χ2n) is 4.39. The van der Waals surface area contributed by atoms with Gasteiger partial charge in [0, 0.05) is 5.75 Å². The molecule has 0 amide bonds. The molecule has 1 heterocycles. The van der Waals surface area contributed by atoms with Gasteiger partial charge in [0.1, 0.15) is 0 Å². The van der Waals surface area contributed by atoms with Crippen molar-refractivity contribution < 1.29 is 12.6 Å². The molecule has 0 saturated carbocycles. The lowest BCUT2D eigenvalue weighted by Crippen LogP contribution is -2.05. The van der Waals surface area contributed by atoms with Gasteiger partial charge in [-0.3, -0.25) is 9.18 Å². The molecule has 1 aliphatic rings. The van der Waals surface area contributed by atoms with E-state index in [0.29, 0.717) is 6.42 Å². The number of hydrogen-bond donors (Lipinski definition) is 0. The molecule has 104 valence electrons. The van der Waals surface area contributed by atoms with E-state index in [1.54, 1.807) is 11.8 Å². The second kappa shape index (κ2) is 6.54. The average molecular weight is 299 g/mol. The van der Waals surface area contributed by atoms with Crippen LogP contribution in [0.1, 0.15) is 24.4 Å². The zero-order chi connectivity index (χ0) is 13.7. The normalized spacial score (nSPS) is 19.4. The molecule has 19 heavy (non-hydrogen) atoms. The van der Waals surface area contributed by atoms with E-state index in [4.69, 9.17) is 4.18 Å². The third-order valence-corrected chi connectivity index (χ3v) is 4.44. The van der Waals surface area contributed by atoms with E-state index < -0.39 is 10.1 Å². The first-order valence-electron chi connectivity index (χ1n) is 6.13. The topological polar surface area (TPSA) is 55.7 Å². The van der Waals surface area contributed by atoms with Crippen molar-refractivity contribution >= 4 is 26.9 Å². The highest BCUT2D eigenvalue weighted by Gasteiger charge is 2.19. The minimum atomic E-state index is -3.32. The van der Waals surface area contributed by atoms with Crippen molar-refractivity contribution in [3.05, 3.63) is 35.9 Å². The van der Waals surface area contributed by atoms with Gasteiger partial charge in [0.05, 0.1) is 23.9 Å². The van der Waals surface area contributed by atoms with E-state index in [9.17, 15) is 8.42 Å². The summed E-state index contributed by atoms with van der Waals surface area (Å²) in [6, 6.07) is 10.5. The van der Waals surface area contributed by atoms with Gasteiger partial charge in [-0.15, -0.1) is 11.8 Å². The molecule has 4 nitrogen and oxygen atoms in total. The van der Waals surface area contributed by atoms with Crippen molar-refractivity contribution in [3.63, 3.8) is 0 Å². The third-order valence-electron chi connectivity index (χ3n) is 2.72. The summed E-state index contributed by atoms with van der Waals surface area (Å²) in [7, 11) is -3.32. The number of rotatable bonds is 6. The monoisotopic (exact) mass is 299 g/mol. The molecule has 1 aromatic rings. The van der Waals surface area contributed by atoms with Gasteiger partial charge in [0.15, 0.2) is 0 Å². The largest absolute Gasteiger partial charge is 0.274 e. The fraction of sp³-hybridized carbons (Fsp3) is 0.462. The van der Waals surface area contributed by atoms with Crippen LogP contribution in [-0.2, 0) is 14.3 Å². The van der Waals surface area contributed by atoms with Crippen molar-refractivity contribution in [2.75, 3.05) is 18.6 Å². The second-order valence-corrected chi connectivity index (χ2v) is 7.13. The van der Waals surface area contributed by atoms with E-state index in [-0.39, 0.29) is 12.6 Å². The van der Waals surface area contributed by atoms with Crippen molar-refractivity contribution in [3.8, 4) is 0 Å². The molecular formula is C13H17NO3S2. The summed E-state index contributed by atoms with van der Waals surface area (Å²) < 4.78 is 26.3. The Morgan fingerprint density at radius 3 is 2.79 bits per heavy atom. The maximum Gasteiger partial charge on any atom is 0.264 e. The van der Waals surface area contributed by atoms with Crippen LogP contribution in [-0.4, -0.2) is 32.1 Å². The highest BCUT2D eigenvalue weighted by molar-refractivity contribution is 8.14. The van der Waals surface area contributed by atoms with Gasteiger partial charge in [-0.05, 0) is 18.4 Å². The molecule has 0 radical (unpaired) electrons. The fourth-order valence-electron chi connectivity index (χ4n) is 1.84. The van der Waals surface area contributed by atoms with Crippen LogP contribution in [0, 0.1) is 0 Å². The molecule has 1 unspecified atom stereocenters. The van der Waals surface area contributed by atoms with Crippen molar-refractivity contribution in [2.45, 2.75) is 18.9 Å². The minimum absolute atomic E-state index is 0.231. The van der Waals surface area contributed by atoms with Crippen LogP contribution in [0.3, 0.4) is 0 Å². The Kier molecular flexibility index (Phi) is 5.01. The van der Waals surface area contributed by atoms with E-state index in [1.165, 1.54) is 5.56 Å². The molecular weight excluding hydrogens is 282 g/mol. The maximum absolute atomic E-state index is 10.8. The standard InChI is InChI=1S/C13H17NO3S2/c1-19(15,16)17-9-5-8-13-14-12(10-18-13)11-6-3-2-4-7-11/h2-4,6-7,12H,5,8-10H2,1H3. The summed E-state index contributed by atoms with van der Waals surface area (Å²) in [5.74, 6) is 0.965. The van der Waals surface area contributed by atoms with Gasteiger partial charge in [-0.25, -0.2) is 0 Å². The van der Waals surface area contributed by atoms with Crippen LogP contribution in [0.15, 0.2) is 35.3 Å². The fourth-order valence-corrected chi connectivity index (χ4v) is 3.37. The van der Waals surface area contributed by atoms with Gasteiger partial charge < -0.3 is 0 Å². The molecule has 0 bridgehead atoms. The SMILES string of the molecule is CS(=O)(=O)OCCCC1=NC(c2ccccc2)CS1. The van der Waals surface area contributed by atoms with Crippen molar-refractivity contribution in [1.82, 2.24) is 0 Å². The van der Waals surface area contributed by atoms with E-state index in [2.05, 4.69) is 17.1 Å². The van der Waals surface area contributed by atoms with Crippen LogP contribution in [0.2, 0.25) is 0 Å². The maximum atomic E-state index is 10.8. The molecule has 0 aromatic heterocycles. The summed E-state index contributed by atoms with van der Waals surface area (Å²) in [6.07, 6.45) is 2.53. The molecule has 1 atom stereocenters. The number of nitrogens with zero attached hydrogens (tertiary/aromatic N) is 1. The first-order chi connectivity index (χ1) is 9.04. The number of aliphatic imine (C=N–C) groups is 1. The zero-order valence-electron chi connectivity index (χ0n) is 10.8. The van der Waals surface area contributed by atoms with Gasteiger partial charge in [0.25, 0.3) is 10.1 Å². The molecule has 0 saturated heterocycles. The van der Waals surface area contributed by atoms with Gasteiger partial charge >= 0.3 is 0 Å². The molecule has 2 rings (SSSR count). The van der Waals surface area contributed by atoms with Gasteiger partial charge in [0.2, 0.25) is 0 Å². The molecule has 0 spiro atoms. The first-order valence-corrected chi connectivity index (χ1v) is 8.93. The summed E-state index contributed by atoms with van der Waals surface area (Å²) in [6.45, 7) is 0.231. The van der Waals surface area contributed by atoms with Crippen LogP contribution < -0.4 is 0 Å². The zero-order valence-corrected chi connectivity index (χ0v) is 12.4. The lowest BCUT2D eigenvalue weighted by molar-refractivity contribution is 0.318. The molecule has 1 aliphatic heterocycles. The molecule has 6 heteroatoms. The lowest BCUT2D eigenvalue weighted by Gasteiger charge is -2.04. The quantitative estimate of drug-likeness (QED) is 0.598. The predicted molar refractivity (Wildman–Crippen MR) is 79.1 cm³/mol. The highest BCUT2D eigenvalue weighted by atomic mass is 32.2. The van der Waals surface area contributed by atoms with E-state index >= 15 is 0 Å². The van der Waals surface area contributed by atoms with Gasteiger partial charge in [-0.2, -0.15) is 8.42 Å². The van der Waals surface area contributed by atoms with Crippen molar-refractivity contribution in [1.29, 1.82) is 0 Å². The van der Waals surface area contributed by atoms with Crippen LogP contribution in [0.5, 0.6) is 0 Å². The molecule has 1 aromatic carbocycles. The highest BCUT2D eigenvalue weighted by Crippen LogP contribution is 2.31. The first kappa shape index (κ1) is 14.6. The number of thioether (sulfide) groups is 1. The Morgan fingerprint density at radius 1 is 1.37 bits per heavy atom. The molecule has 0 N–H and O–H groups in total. The van der Waals surface area contributed by atoms with Crippen molar-refractivity contribution in [2.24, 2.45) is 4.99 Å². The smallest absolute Gasteiger partial charge is 0.264 e. The summed E-state index contributed by atoms with van der Waals surface area (Å²) in [5.41, 5.74) is 1.23.